The molecule has 2 atom stereocenters. The zero-order valence-corrected chi connectivity index (χ0v) is 19.5. The molecule has 2 aliphatic carbocycles. The minimum absolute atomic E-state index is 0. The van der Waals surface area contributed by atoms with Crippen molar-refractivity contribution in [1.29, 1.82) is 0 Å². The molecule has 2 aliphatic rings. The van der Waals surface area contributed by atoms with Gasteiger partial charge in [-0.2, -0.15) is 0 Å². The largest absolute Gasteiger partial charge is 0.378 e. The molecule has 1 spiro atoms. The van der Waals surface area contributed by atoms with Gasteiger partial charge in [-0.3, -0.25) is 4.99 Å². The summed E-state index contributed by atoms with van der Waals surface area (Å²) in [5.41, 5.74) is 1.41. The summed E-state index contributed by atoms with van der Waals surface area (Å²) in [5.74, 6) is 1.37. The fourth-order valence-electron chi connectivity index (χ4n) is 4.29. The summed E-state index contributed by atoms with van der Waals surface area (Å²) in [5, 5.41) is 10.4. The average molecular weight is 492 g/mol. The molecule has 1 aromatic heterocycles. The van der Waals surface area contributed by atoms with Crippen molar-refractivity contribution in [2.24, 2.45) is 10.4 Å². The third kappa shape index (κ3) is 4.52. The summed E-state index contributed by atoms with van der Waals surface area (Å²) < 4.78 is 6.01. The maximum atomic E-state index is 6.01. The molecule has 0 amide bonds. The second-order valence-corrected chi connectivity index (χ2v) is 8.46. The Labute approximate surface area is 178 Å². The number of halogens is 1. The number of hydrogen-bond donors (Lipinski definition) is 2. The van der Waals surface area contributed by atoms with E-state index < -0.39 is 0 Å². The lowest BCUT2D eigenvalue weighted by atomic mass is 9.60. The van der Waals surface area contributed by atoms with Crippen molar-refractivity contribution in [3.8, 4) is 0 Å². The molecule has 0 radical (unpaired) electrons. The number of nitrogens with one attached hydrogen (secondary N) is 2. The summed E-state index contributed by atoms with van der Waals surface area (Å²) in [7, 11) is 1.84. The van der Waals surface area contributed by atoms with E-state index in [9.17, 15) is 0 Å². The fraction of sp³-hybridized carbons (Fsp3) is 0.789. The van der Waals surface area contributed by atoms with Crippen molar-refractivity contribution in [3.05, 3.63) is 16.1 Å². The van der Waals surface area contributed by atoms with Crippen LogP contribution in [0.2, 0.25) is 0 Å². The Morgan fingerprint density at radius 2 is 2.15 bits per heavy atom. The van der Waals surface area contributed by atoms with E-state index in [-0.39, 0.29) is 24.0 Å². The summed E-state index contributed by atoms with van der Waals surface area (Å²) in [6.07, 6.45) is 6.70. The van der Waals surface area contributed by atoms with Crippen molar-refractivity contribution in [1.82, 2.24) is 15.6 Å². The number of nitrogens with zero attached hydrogens (tertiary/aromatic N) is 2. The predicted octanol–water partition coefficient (Wildman–Crippen LogP) is 4.29. The van der Waals surface area contributed by atoms with Crippen molar-refractivity contribution < 1.29 is 4.74 Å². The van der Waals surface area contributed by atoms with Gasteiger partial charge in [-0.05, 0) is 26.2 Å². The standard InChI is InChI=1S/C19H32N4OS.HI/c1-5-24-16-10-15(19(16)8-6-7-9-19)23-18(20-4)21-11-14-12-25-17(22-14)13(2)3;/h12-13,15-16H,5-11H2,1-4H3,(H2,20,21,23);1H. The van der Waals surface area contributed by atoms with Crippen molar-refractivity contribution >= 4 is 41.3 Å². The molecule has 1 heterocycles. The Kier molecular flexibility index (Phi) is 8.15. The van der Waals surface area contributed by atoms with Crippen LogP contribution in [-0.4, -0.2) is 36.7 Å². The van der Waals surface area contributed by atoms with Gasteiger partial charge >= 0.3 is 0 Å². The van der Waals surface area contributed by atoms with Gasteiger partial charge in [0.2, 0.25) is 0 Å². The Balaban J connectivity index is 0.00000243. The highest BCUT2D eigenvalue weighted by atomic mass is 127. The van der Waals surface area contributed by atoms with Crippen molar-refractivity contribution in [3.63, 3.8) is 0 Å². The molecule has 2 unspecified atom stereocenters. The van der Waals surface area contributed by atoms with Crippen LogP contribution in [0.1, 0.15) is 69.5 Å². The second kappa shape index (κ2) is 9.68. The van der Waals surface area contributed by atoms with E-state index in [1.165, 1.54) is 30.7 Å². The van der Waals surface area contributed by atoms with Crippen LogP contribution in [0.5, 0.6) is 0 Å². The first kappa shape index (κ1) is 21.9. The molecule has 0 aromatic carbocycles. The van der Waals surface area contributed by atoms with Crippen molar-refractivity contribution in [2.75, 3.05) is 13.7 Å². The molecule has 26 heavy (non-hydrogen) atoms. The van der Waals surface area contributed by atoms with E-state index in [0.717, 1.165) is 31.2 Å². The summed E-state index contributed by atoms with van der Waals surface area (Å²) in [6.45, 7) is 8.00. The zero-order chi connectivity index (χ0) is 17.9. The minimum atomic E-state index is 0. The van der Waals surface area contributed by atoms with Gasteiger partial charge in [0.15, 0.2) is 5.96 Å². The lowest BCUT2D eigenvalue weighted by molar-refractivity contribution is -0.125. The monoisotopic (exact) mass is 492 g/mol. The van der Waals surface area contributed by atoms with Gasteiger partial charge in [0.25, 0.3) is 0 Å². The molecule has 3 rings (SSSR count). The molecule has 0 aliphatic heterocycles. The number of guanidine groups is 1. The molecule has 2 saturated carbocycles. The Morgan fingerprint density at radius 1 is 1.42 bits per heavy atom. The number of rotatable bonds is 6. The predicted molar refractivity (Wildman–Crippen MR) is 120 cm³/mol. The van der Waals surface area contributed by atoms with Crippen LogP contribution in [-0.2, 0) is 11.3 Å². The molecular formula is C19H33IN4OS. The van der Waals surface area contributed by atoms with Gasteiger partial charge in [0.1, 0.15) is 0 Å². The van der Waals surface area contributed by atoms with Crippen LogP contribution in [0.15, 0.2) is 10.4 Å². The first-order chi connectivity index (χ1) is 12.1. The SMILES string of the molecule is CCOC1CC(NC(=NC)NCc2csc(C(C)C)n2)C12CCCC2.I. The van der Waals surface area contributed by atoms with E-state index in [2.05, 4.69) is 46.8 Å². The van der Waals surface area contributed by atoms with E-state index in [0.29, 0.717) is 23.5 Å². The molecule has 1 aromatic rings. The van der Waals surface area contributed by atoms with Crippen LogP contribution in [0.4, 0.5) is 0 Å². The minimum Gasteiger partial charge on any atom is -0.378 e. The third-order valence-electron chi connectivity index (χ3n) is 5.72. The van der Waals surface area contributed by atoms with Gasteiger partial charge in [-0.25, -0.2) is 4.98 Å². The van der Waals surface area contributed by atoms with Gasteiger partial charge < -0.3 is 15.4 Å². The molecule has 0 bridgehead atoms. The molecule has 5 nitrogen and oxygen atoms in total. The van der Waals surface area contributed by atoms with E-state index >= 15 is 0 Å². The maximum absolute atomic E-state index is 6.01. The fourth-order valence-corrected chi connectivity index (χ4v) is 5.13. The van der Waals surface area contributed by atoms with Crippen LogP contribution in [0.25, 0.3) is 0 Å². The normalized spacial score (nSPS) is 24.4. The van der Waals surface area contributed by atoms with Crippen molar-refractivity contribution in [2.45, 2.75) is 77.5 Å². The lowest BCUT2D eigenvalue weighted by Gasteiger charge is -2.54. The smallest absolute Gasteiger partial charge is 0.191 e. The van der Waals surface area contributed by atoms with Gasteiger partial charge in [0.05, 0.1) is 23.4 Å². The van der Waals surface area contributed by atoms with E-state index in [1.54, 1.807) is 11.3 Å². The zero-order valence-electron chi connectivity index (χ0n) is 16.4. The average Bonchev–Trinajstić information content (AvgIpc) is 3.27. The third-order valence-corrected chi connectivity index (χ3v) is 6.92. The van der Waals surface area contributed by atoms with Crippen LogP contribution in [0, 0.1) is 5.41 Å². The Bertz CT molecular complexity index is 598. The van der Waals surface area contributed by atoms with Crippen LogP contribution >= 0.6 is 35.3 Å². The topological polar surface area (TPSA) is 58.5 Å². The first-order valence-electron chi connectivity index (χ1n) is 9.62. The summed E-state index contributed by atoms with van der Waals surface area (Å²) in [4.78, 5) is 9.11. The highest BCUT2D eigenvalue weighted by molar-refractivity contribution is 14.0. The Hall–Kier alpha value is -0.410. The van der Waals surface area contributed by atoms with E-state index in [1.807, 2.05) is 7.05 Å². The Morgan fingerprint density at radius 3 is 2.73 bits per heavy atom. The highest BCUT2D eigenvalue weighted by Gasteiger charge is 2.56. The molecule has 2 N–H and O–H groups in total. The first-order valence-corrected chi connectivity index (χ1v) is 10.5. The van der Waals surface area contributed by atoms with Gasteiger partial charge in [-0.1, -0.05) is 26.7 Å². The summed E-state index contributed by atoms with van der Waals surface area (Å²) >= 11 is 1.74. The van der Waals surface area contributed by atoms with Gasteiger partial charge in [0, 0.05) is 36.4 Å². The molecule has 148 valence electrons. The molecule has 0 saturated heterocycles. The molecule has 7 heteroatoms. The summed E-state index contributed by atoms with van der Waals surface area (Å²) in [6, 6.07) is 0.472. The lowest BCUT2D eigenvalue weighted by Crippen LogP contribution is -2.65. The van der Waals surface area contributed by atoms with Crippen LogP contribution < -0.4 is 10.6 Å². The highest BCUT2D eigenvalue weighted by Crippen LogP contribution is 2.54. The number of aromatic nitrogens is 1. The quantitative estimate of drug-likeness (QED) is 0.354. The van der Waals surface area contributed by atoms with E-state index in [4.69, 9.17) is 4.74 Å². The number of hydrogen-bond acceptors (Lipinski definition) is 4. The second-order valence-electron chi connectivity index (χ2n) is 7.57. The number of ether oxygens (including phenoxy) is 1. The van der Waals surface area contributed by atoms with Gasteiger partial charge in [-0.15, -0.1) is 35.3 Å². The molecular weight excluding hydrogens is 459 g/mol. The number of aliphatic imine (C=N–C) groups is 1. The number of thiazole rings is 1. The maximum Gasteiger partial charge on any atom is 0.191 e. The molecule has 2 fully saturated rings. The van der Waals surface area contributed by atoms with Crippen LogP contribution in [0.3, 0.4) is 0 Å².